The van der Waals surface area contributed by atoms with E-state index in [4.69, 9.17) is 4.74 Å². The molecule has 1 aromatic rings. The lowest BCUT2D eigenvalue weighted by Gasteiger charge is -2.31. The summed E-state index contributed by atoms with van der Waals surface area (Å²) in [4.78, 5) is 52.6. The summed E-state index contributed by atoms with van der Waals surface area (Å²) in [6, 6.07) is 7.76. The van der Waals surface area contributed by atoms with E-state index in [0.717, 1.165) is 5.56 Å². The molecule has 0 radical (unpaired) electrons. The van der Waals surface area contributed by atoms with Crippen LogP contribution in [0.3, 0.4) is 0 Å². The molecule has 0 saturated carbocycles. The van der Waals surface area contributed by atoms with E-state index in [9.17, 15) is 19.2 Å². The molecule has 9 heteroatoms. The average Bonchev–Trinajstić information content (AvgIpc) is 2.74. The zero-order valence-corrected chi connectivity index (χ0v) is 21.5. The van der Waals surface area contributed by atoms with Crippen molar-refractivity contribution in [2.75, 3.05) is 27.7 Å². The molecule has 2 N–H and O–H groups in total. The number of amides is 4. The lowest BCUT2D eigenvalue weighted by molar-refractivity contribution is -0.136. The Morgan fingerprint density at radius 3 is 2.15 bits per heavy atom. The van der Waals surface area contributed by atoms with Gasteiger partial charge in [-0.3, -0.25) is 19.3 Å². The number of rotatable bonds is 11. The highest BCUT2D eigenvalue weighted by Gasteiger charge is 2.33. The van der Waals surface area contributed by atoms with Crippen LogP contribution in [0.1, 0.15) is 52.5 Å². The predicted molar refractivity (Wildman–Crippen MR) is 131 cm³/mol. The Kier molecular flexibility index (Phi) is 11.5. The fourth-order valence-electron chi connectivity index (χ4n) is 3.28. The summed E-state index contributed by atoms with van der Waals surface area (Å²) in [5, 5.41) is 5.57. The molecule has 0 saturated heterocycles. The largest absolute Gasteiger partial charge is 0.444 e. The van der Waals surface area contributed by atoms with E-state index in [1.165, 1.54) is 23.8 Å². The van der Waals surface area contributed by atoms with Crippen molar-refractivity contribution in [1.82, 2.24) is 20.4 Å². The van der Waals surface area contributed by atoms with Gasteiger partial charge in [-0.25, -0.2) is 4.79 Å². The second-order valence-electron chi connectivity index (χ2n) is 9.57. The maximum Gasteiger partial charge on any atom is 0.410 e. The van der Waals surface area contributed by atoms with Crippen molar-refractivity contribution in [1.29, 1.82) is 0 Å². The van der Waals surface area contributed by atoms with Gasteiger partial charge in [0, 0.05) is 41.0 Å². The van der Waals surface area contributed by atoms with Gasteiger partial charge in [0.25, 0.3) is 0 Å². The molecule has 1 rings (SSSR count). The molecule has 1 aromatic carbocycles. The number of likely N-dealkylation sites (N-methyl/N-ethyl adjacent to an activating group) is 2. The monoisotopic (exact) mass is 476 g/mol. The van der Waals surface area contributed by atoms with E-state index in [0.29, 0.717) is 25.8 Å². The van der Waals surface area contributed by atoms with Gasteiger partial charge in [0.05, 0.1) is 0 Å². The lowest BCUT2D eigenvalue weighted by Crippen LogP contribution is -2.55. The van der Waals surface area contributed by atoms with Crippen molar-refractivity contribution >= 4 is 23.8 Å². The summed E-state index contributed by atoms with van der Waals surface area (Å²) in [7, 11) is 4.79. The highest BCUT2D eigenvalue weighted by atomic mass is 16.6. The van der Waals surface area contributed by atoms with Crippen LogP contribution < -0.4 is 10.6 Å². The van der Waals surface area contributed by atoms with Crippen molar-refractivity contribution in [3.05, 3.63) is 35.9 Å². The second-order valence-corrected chi connectivity index (χ2v) is 9.57. The number of ether oxygens (including phenoxy) is 1. The van der Waals surface area contributed by atoms with Gasteiger partial charge in [0.1, 0.15) is 17.7 Å². The fourth-order valence-corrected chi connectivity index (χ4v) is 3.28. The van der Waals surface area contributed by atoms with Gasteiger partial charge in [0.2, 0.25) is 17.7 Å². The van der Waals surface area contributed by atoms with Crippen LogP contribution in [-0.4, -0.2) is 79.0 Å². The van der Waals surface area contributed by atoms with Gasteiger partial charge >= 0.3 is 6.09 Å². The first kappa shape index (κ1) is 28.9. The van der Waals surface area contributed by atoms with Crippen LogP contribution in [0.25, 0.3) is 0 Å². The van der Waals surface area contributed by atoms with Crippen molar-refractivity contribution in [2.45, 2.75) is 71.1 Å². The van der Waals surface area contributed by atoms with E-state index in [2.05, 4.69) is 10.6 Å². The van der Waals surface area contributed by atoms with Crippen molar-refractivity contribution < 1.29 is 23.9 Å². The number of unbranched alkanes of at least 4 members (excludes halogenated alkanes) is 1. The van der Waals surface area contributed by atoms with Gasteiger partial charge in [-0.05, 0) is 45.6 Å². The molecule has 190 valence electrons. The molecule has 1 unspecified atom stereocenters. The molecule has 0 aromatic heterocycles. The summed E-state index contributed by atoms with van der Waals surface area (Å²) in [5.41, 5.74) is 0.167. The number of carbonyl (C=O) groups excluding carboxylic acids is 4. The topological polar surface area (TPSA) is 108 Å². The third-order valence-corrected chi connectivity index (χ3v) is 5.07. The highest BCUT2D eigenvalue weighted by molar-refractivity contribution is 5.91. The number of nitrogens with one attached hydrogen (secondary N) is 2. The number of benzene rings is 1. The minimum Gasteiger partial charge on any atom is -0.444 e. The van der Waals surface area contributed by atoms with E-state index >= 15 is 0 Å². The van der Waals surface area contributed by atoms with E-state index < -0.39 is 29.7 Å². The van der Waals surface area contributed by atoms with Crippen LogP contribution in [0.4, 0.5) is 4.79 Å². The van der Waals surface area contributed by atoms with Crippen LogP contribution in [0.5, 0.6) is 0 Å². The molecule has 2 atom stereocenters. The molecule has 0 fully saturated rings. The lowest BCUT2D eigenvalue weighted by atomic mass is 10.0. The molecule has 34 heavy (non-hydrogen) atoms. The standard InChI is InChI=1S/C25H40N4O5/c1-18(30)26-16-12-11-15-20(23(32)28(5)6)27-22(31)21(17-19-13-9-8-10-14-19)29(7)24(33)34-25(2,3)4/h8-10,13-14,20-21H,11-12,15-17H2,1-7H3,(H,26,30)(H,27,31)/t20-,21?/m0/s1. The minimum atomic E-state index is -0.867. The molecule has 0 spiro atoms. The summed E-state index contributed by atoms with van der Waals surface area (Å²) < 4.78 is 5.47. The zero-order chi connectivity index (χ0) is 25.9. The first-order chi connectivity index (χ1) is 15.8. The number of nitrogens with zero attached hydrogens (tertiary/aromatic N) is 2. The quantitative estimate of drug-likeness (QED) is 0.477. The van der Waals surface area contributed by atoms with Gasteiger partial charge in [-0.1, -0.05) is 30.3 Å². The van der Waals surface area contributed by atoms with Crippen LogP contribution in [0.2, 0.25) is 0 Å². The first-order valence-electron chi connectivity index (χ1n) is 11.6. The van der Waals surface area contributed by atoms with Crippen LogP contribution in [0.15, 0.2) is 30.3 Å². The first-order valence-corrected chi connectivity index (χ1v) is 11.6. The normalized spacial score (nSPS) is 12.8. The molecular weight excluding hydrogens is 436 g/mol. The van der Waals surface area contributed by atoms with E-state index in [1.807, 2.05) is 30.3 Å². The molecule has 0 aliphatic rings. The van der Waals surface area contributed by atoms with Gasteiger partial charge < -0.3 is 20.3 Å². The predicted octanol–water partition coefficient (Wildman–Crippen LogP) is 2.34. The van der Waals surface area contributed by atoms with Gasteiger partial charge in [-0.15, -0.1) is 0 Å². The second kappa shape index (κ2) is 13.6. The molecule has 0 aliphatic heterocycles. The summed E-state index contributed by atoms with van der Waals surface area (Å²) >= 11 is 0. The van der Waals surface area contributed by atoms with Gasteiger partial charge in [0.15, 0.2) is 0 Å². The van der Waals surface area contributed by atoms with Crippen LogP contribution >= 0.6 is 0 Å². The Morgan fingerprint density at radius 2 is 1.62 bits per heavy atom. The van der Waals surface area contributed by atoms with Crippen LogP contribution in [-0.2, 0) is 25.5 Å². The Labute approximate surface area is 203 Å². The Morgan fingerprint density at radius 1 is 1.00 bits per heavy atom. The molecule has 0 bridgehead atoms. The fraction of sp³-hybridized carbons (Fsp3) is 0.600. The van der Waals surface area contributed by atoms with E-state index in [1.54, 1.807) is 34.9 Å². The molecule has 0 aliphatic carbocycles. The number of hydrogen-bond donors (Lipinski definition) is 2. The Hall–Kier alpha value is -3.10. The zero-order valence-electron chi connectivity index (χ0n) is 21.5. The SMILES string of the molecule is CC(=O)NCCCC[C@H](NC(=O)C(Cc1ccccc1)N(C)C(=O)OC(C)(C)C)C(=O)N(C)C. The maximum atomic E-state index is 13.4. The van der Waals surface area contributed by atoms with Crippen LogP contribution in [0, 0.1) is 0 Å². The minimum absolute atomic E-state index is 0.108. The molecule has 0 heterocycles. The summed E-state index contributed by atoms with van der Waals surface area (Å²) in [6.45, 7) is 7.24. The maximum absolute atomic E-state index is 13.4. The average molecular weight is 477 g/mol. The smallest absolute Gasteiger partial charge is 0.410 e. The van der Waals surface area contributed by atoms with Crippen molar-refractivity contribution in [3.63, 3.8) is 0 Å². The summed E-state index contributed by atoms with van der Waals surface area (Å²) in [5.74, 6) is -0.770. The van der Waals surface area contributed by atoms with Crippen molar-refractivity contribution in [2.24, 2.45) is 0 Å². The Bertz CT molecular complexity index is 820. The number of hydrogen-bond acceptors (Lipinski definition) is 5. The molecule has 4 amide bonds. The third kappa shape index (κ3) is 10.7. The Balaban J connectivity index is 3.02. The third-order valence-electron chi connectivity index (χ3n) is 5.07. The molecular formula is C25H40N4O5. The summed E-state index contributed by atoms with van der Waals surface area (Å²) in [6.07, 6.45) is 1.38. The molecule has 9 nitrogen and oxygen atoms in total. The van der Waals surface area contributed by atoms with E-state index in [-0.39, 0.29) is 18.2 Å². The highest BCUT2D eigenvalue weighted by Crippen LogP contribution is 2.15. The van der Waals surface area contributed by atoms with Gasteiger partial charge in [-0.2, -0.15) is 0 Å². The van der Waals surface area contributed by atoms with Crippen molar-refractivity contribution in [3.8, 4) is 0 Å². The number of carbonyl (C=O) groups is 4.